The average molecular weight is 430 g/mol. The van der Waals surface area contributed by atoms with Crippen molar-refractivity contribution in [1.82, 2.24) is 0 Å². The second-order valence-electron chi connectivity index (χ2n) is 6.01. The molecule has 0 saturated carbocycles. The number of rotatable bonds is 0. The first-order valence-electron chi connectivity index (χ1n) is 6.58. The Morgan fingerprint density at radius 2 is 2.11 bits per heavy atom. The molecule has 0 spiro atoms. The molecule has 2 aliphatic rings. The summed E-state index contributed by atoms with van der Waals surface area (Å²) in [5.41, 5.74) is 2.17. The van der Waals surface area contributed by atoms with Gasteiger partial charge in [-0.2, -0.15) is 6.07 Å². The van der Waals surface area contributed by atoms with Gasteiger partial charge in [-0.1, -0.05) is 17.2 Å². The Hall–Kier alpha value is -0.778. The maximum absolute atomic E-state index is 10.1. The monoisotopic (exact) mass is 430 g/mol. The summed E-state index contributed by atoms with van der Waals surface area (Å²) in [6.07, 6.45) is 4.55. The summed E-state index contributed by atoms with van der Waals surface area (Å²) in [6, 6.07) is 6.41. The summed E-state index contributed by atoms with van der Waals surface area (Å²) in [7, 11) is 0. The standard InChI is InChI=1S/C16H19O2.Re/c1-10-7-8-12-11(9-10)15-13(17)5-4-6-14(15)18-16(12,2)3;/h5-6,9,11-12,17H,7-8H2,1-3H3;/q-1;/t11-,12?;/m1./s1. The molecule has 2 nitrogen and oxygen atoms in total. The second kappa shape index (κ2) is 4.96. The molecule has 1 N–H and O–H groups in total. The van der Waals surface area contributed by atoms with Gasteiger partial charge in [-0.05, 0) is 39.5 Å². The first-order valence-corrected chi connectivity index (χ1v) is 6.58. The van der Waals surface area contributed by atoms with Crippen LogP contribution in [0.2, 0.25) is 0 Å². The molecule has 1 aliphatic heterocycles. The van der Waals surface area contributed by atoms with E-state index in [0.717, 1.165) is 24.2 Å². The fourth-order valence-electron chi connectivity index (χ4n) is 3.39. The molecule has 1 aromatic carbocycles. The van der Waals surface area contributed by atoms with Crippen LogP contribution in [0.5, 0.6) is 11.5 Å². The summed E-state index contributed by atoms with van der Waals surface area (Å²) in [5, 5.41) is 10.1. The summed E-state index contributed by atoms with van der Waals surface area (Å²) in [5.74, 6) is 1.80. The number of hydrogen-bond acceptors (Lipinski definition) is 2. The smallest absolute Gasteiger partial charge is 0.0912 e. The third-order valence-electron chi connectivity index (χ3n) is 4.32. The summed E-state index contributed by atoms with van der Waals surface area (Å²) < 4.78 is 6.08. The Labute approximate surface area is 128 Å². The van der Waals surface area contributed by atoms with E-state index in [1.165, 1.54) is 5.57 Å². The first-order chi connectivity index (χ1) is 8.49. The van der Waals surface area contributed by atoms with Crippen LogP contribution in [0.1, 0.15) is 45.1 Å². The zero-order chi connectivity index (χ0) is 12.9. The van der Waals surface area contributed by atoms with Gasteiger partial charge in [0.1, 0.15) is 0 Å². The minimum Gasteiger partial charge on any atom is -0.565 e. The quantitative estimate of drug-likeness (QED) is 0.502. The normalized spacial score (nSPS) is 27.2. The fourth-order valence-corrected chi connectivity index (χ4v) is 3.39. The summed E-state index contributed by atoms with van der Waals surface area (Å²) in [6.45, 7) is 6.46. The van der Waals surface area contributed by atoms with Crippen molar-refractivity contribution in [2.45, 2.75) is 45.1 Å². The third kappa shape index (κ3) is 2.35. The predicted molar refractivity (Wildman–Crippen MR) is 70.9 cm³/mol. The number of ether oxygens (including phenoxy) is 1. The molecule has 0 aromatic heterocycles. The molecule has 1 radical (unpaired) electrons. The van der Waals surface area contributed by atoms with Crippen molar-refractivity contribution in [1.29, 1.82) is 0 Å². The minimum absolute atomic E-state index is 0. The Morgan fingerprint density at radius 3 is 2.84 bits per heavy atom. The minimum atomic E-state index is -0.184. The zero-order valence-electron chi connectivity index (χ0n) is 11.5. The van der Waals surface area contributed by atoms with E-state index in [0.29, 0.717) is 11.7 Å². The zero-order valence-corrected chi connectivity index (χ0v) is 14.3. The summed E-state index contributed by atoms with van der Waals surface area (Å²) >= 11 is 0. The number of benzene rings is 1. The van der Waals surface area contributed by atoms with Gasteiger partial charge in [0, 0.05) is 37.8 Å². The SMILES string of the molecule is CC1=C[C@H]2c3c(O)c[c-]cc3OC(C)(C)C2CC1.[Re]. The molecule has 103 valence electrons. The van der Waals surface area contributed by atoms with Crippen molar-refractivity contribution in [3.63, 3.8) is 0 Å². The van der Waals surface area contributed by atoms with E-state index in [-0.39, 0.29) is 31.9 Å². The van der Waals surface area contributed by atoms with Crippen LogP contribution in [-0.4, -0.2) is 10.7 Å². The van der Waals surface area contributed by atoms with Crippen molar-refractivity contribution in [2.75, 3.05) is 0 Å². The molecule has 1 unspecified atom stereocenters. The van der Waals surface area contributed by atoms with Gasteiger partial charge in [0.25, 0.3) is 0 Å². The third-order valence-corrected chi connectivity index (χ3v) is 4.32. The van der Waals surface area contributed by atoms with Crippen LogP contribution in [-0.2, 0) is 20.4 Å². The van der Waals surface area contributed by atoms with E-state index in [9.17, 15) is 5.11 Å². The van der Waals surface area contributed by atoms with Crippen LogP contribution in [0.15, 0.2) is 23.8 Å². The molecule has 2 atom stereocenters. The number of hydrogen-bond donors (Lipinski definition) is 1. The number of fused-ring (bicyclic) bond motifs is 3. The number of allylic oxidation sites excluding steroid dienone is 2. The van der Waals surface area contributed by atoms with Gasteiger partial charge in [0.05, 0.1) is 5.60 Å². The number of aromatic hydroxyl groups is 1. The van der Waals surface area contributed by atoms with E-state index in [2.05, 4.69) is 32.9 Å². The molecule has 0 saturated heterocycles. The fraction of sp³-hybridized carbons (Fsp3) is 0.500. The van der Waals surface area contributed by atoms with E-state index >= 15 is 0 Å². The predicted octanol–water partition coefficient (Wildman–Crippen LogP) is 3.80. The van der Waals surface area contributed by atoms with E-state index < -0.39 is 0 Å². The Bertz CT molecular complexity index is 519. The number of phenols is 1. The molecule has 1 aliphatic carbocycles. The molecule has 1 aromatic rings. The van der Waals surface area contributed by atoms with Gasteiger partial charge in [0.15, 0.2) is 0 Å². The van der Waals surface area contributed by atoms with Crippen LogP contribution < -0.4 is 4.74 Å². The van der Waals surface area contributed by atoms with Crippen molar-refractivity contribution in [3.05, 3.63) is 35.4 Å². The number of phenolic OH excluding ortho intramolecular Hbond substituents is 1. The molecule has 3 rings (SSSR count). The van der Waals surface area contributed by atoms with Gasteiger partial charge in [-0.25, -0.2) is 0 Å². The van der Waals surface area contributed by atoms with Gasteiger partial charge >= 0.3 is 0 Å². The van der Waals surface area contributed by atoms with Crippen LogP contribution in [0.25, 0.3) is 0 Å². The van der Waals surface area contributed by atoms with E-state index in [1.807, 2.05) is 6.07 Å². The Balaban J connectivity index is 0.00000133. The van der Waals surface area contributed by atoms with Crippen molar-refractivity contribution < 1.29 is 30.3 Å². The van der Waals surface area contributed by atoms with Crippen LogP contribution in [0.3, 0.4) is 0 Å². The van der Waals surface area contributed by atoms with Crippen LogP contribution >= 0.6 is 0 Å². The average Bonchev–Trinajstić information content (AvgIpc) is 2.27. The van der Waals surface area contributed by atoms with Gasteiger partial charge in [-0.3, -0.25) is 0 Å². The largest absolute Gasteiger partial charge is 0.565 e. The first kappa shape index (κ1) is 14.6. The molecule has 0 amide bonds. The second-order valence-corrected chi connectivity index (χ2v) is 6.01. The maximum Gasteiger partial charge on any atom is 0.0912 e. The topological polar surface area (TPSA) is 29.5 Å². The molecule has 1 heterocycles. The molecular weight excluding hydrogens is 410 g/mol. The summed E-state index contributed by atoms with van der Waals surface area (Å²) in [4.78, 5) is 0. The van der Waals surface area contributed by atoms with E-state index in [1.54, 1.807) is 6.07 Å². The maximum atomic E-state index is 10.1. The Morgan fingerprint density at radius 1 is 1.37 bits per heavy atom. The molecule has 19 heavy (non-hydrogen) atoms. The van der Waals surface area contributed by atoms with Crippen molar-refractivity contribution in [3.8, 4) is 11.5 Å². The molecule has 0 bridgehead atoms. The molecular formula is C16H19O2Re-. The van der Waals surface area contributed by atoms with Crippen LogP contribution in [0, 0.1) is 12.0 Å². The Kier molecular flexibility index (Phi) is 3.82. The van der Waals surface area contributed by atoms with Crippen molar-refractivity contribution >= 4 is 0 Å². The van der Waals surface area contributed by atoms with Crippen LogP contribution in [0.4, 0.5) is 0 Å². The van der Waals surface area contributed by atoms with Gasteiger partial charge < -0.3 is 9.84 Å². The molecule has 3 heteroatoms. The van der Waals surface area contributed by atoms with Gasteiger partial charge in [-0.15, -0.1) is 12.1 Å². The van der Waals surface area contributed by atoms with Gasteiger partial charge in [0.2, 0.25) is 0 Å². The van der Waals surface area contributed by atoms with E-state index in [4.69, 9.17) is 4.74 Å². The molecule has 0 fully saturated rings. The van der Waals surface area contributed by atoms with Crippen molar-refractivity contribution in [2.24, 2.45) is 5.92 Å².